The molecule has 0 aliphatic carbocycles. The number of carbonyl (C=O) groups excluding carboxylic acids is 3. The van der Waals surface area contributed by atoms with Gasteiger partial charge in [-0.25, -0.2) is 9.78 Å². The predicted octanol–water partition coefficient (Wildman–Crippen LogP) is 1.48. The molecule has 1 aliphatic heterocycles. The van der Waals surface area contributed by atoms with Crippen LogP contribution in [0.5, 0.6) is 0 Å². The molecule has 2 aromatic heterocycles. The van der Waals surface area contributed by atoms with Crippen LogP contribution in [0.4, 0.5) is 4.79 Å². The Hall–Kier alpha value is -2.26. The number of hydrogen-bond donors (Lipinski definition) is 3. The summed E-state index contributed by atoms with van der Waals surface area (Å²) in [5, 5.41) is 12.2. The van der Waals surface area contributed by atoms with Crippen LogP contribution in [0.25, 0.3) is 9.88 Å². The van der Waals surface area contributed by atoms with E-state index in [2.05, 4.69) is 20.9 Å². The van der Waals surface area contributed by atoms with Crippen molar-refractivity contribution in [2.24, 2.45) is 0 Å². The minimum atomic E-state index is -0.627. The van der Waals surface area contributed by atoms with Crippen molar-refractivity contribution in [1.29, 1.82) is 0 Å². The SMILES string of the molecule is O=C(CC[C@@H]1NC(=O)NC1=O)NCc1csc(-c2cccs2)n1. The molecule has 0 saturated carbocycles. The van der Waals surface area contributed by atoms with E-state index in [9.17, 15) is 14.4 Å². The zero-order chi connectivity index (χ0) is 16.2. The van der Waals surface area contributed by atoms with Crippen molar-refractivity contribution in [1.82, 2.24) is 20.9 Å². The molecule has 4 amide bonds. The average Bonchev–Trinajstić information content (AvgIpc) is 3.24. The molecule has 23 heavy (non-hydrogen) atoms. The Morgan fingerprint density at radius 2 is 2.22 bits per heavy atom. The molecule has 1 aliphatic rings. The lowest BCUT2D eigenvalue weighted by Crippen LogP contribution is -2.31. The number of aromatic nitrogens is 1. The van der Waals surface area contributed by atoms with Gasteiger partial charge in [0.1, 0.15) is 11.0 Å². The Kier molecular flexibility index (Phi) is 4.68. The first-order valence-electron chi connectivity index (χ1n) is 6.98. The number of rotatable bonds is 6. The molecule has 0 spiro atoms. The second-order valence-corrected chi connectivity index (χ2v) is 6.76. The van der Waals surface area contributed by atoms with Gasteiger partial charge in [-0.3, -0.25) is 14.9 Å². The Bertz CT molecular complexity index is 726. The maximum Gasteiger partial charge on any atom is 0.322 e. The van der Waals surface area contributed by atoms with Crippen molar-refractivity contribution >= 4 is 40.5 Å². The van der Waals surface area contributed by atoms with Gasteiger partial charge in [-0.2, -0.15) is 0 Å². The molecule has 3 heterocycles. The average molecular weight is 350 g/mol. The van der Waals surface area contributed by atoms with Crippen LogP contribution in [0.2, 0.25) is 0 Å². The van der Waals surface area contributed by atoms with Crippen molar-refractivity contribution in [3.63, 3.8) is 0 Å². The molecular weight excluding hydrogens is 336 g/mol. The first-order valence-corrected chi connectivity index (χ1v) is 8.74. The molecule has 0 unspecified atom stereocenters. The minimum absolute atomic E-state index is 0.167. The molecule has 3 N–H and O–H groups in total. The molecule has 1 atom stereocenters. The highest BCUT2D eigenvalue weighted by Gasteiger charge is 2.29. The number of amides is 4. The van der Waals surface area contributed by atoms with Gasteiger partial charge in [-0.1, -0.05) is 6.07 Å². The highest BCUT2D eigenvalue weighted by Crippen LogP contribution is 2.27. The van der Waals surface area contributed by atoms with Gasteiger partial charge in [0.05, 0.1) is 17.1 Å². The second kappa shape index (κ2) is 6.88. The number of thiophene rings is 1. The molecule has 0 radical (unpaired) electrons. The smallest absolute Gasteiger partial charge is 0.322 e. The fourth-order valence-electron chi connectivity index (χ4n) is 2.12. The molecular formula is C14H14N4O3S2. The number of imide groups is 1. The fraction of sp³-hybridized carbons (Fsp3) is 0.286. The normalized spacial score (nSPS) is 17.0. The number of hydrogen-bond acceptors (Lipinski definition) is 6. The lowest BCUT2D eigenvalue weighted by atomic mass is 10.1. The van der Waals surface area contributed by atoms with Crippen LogP contribution in [-0.2, 0) is 16.1 Å². The largest absolute Gasteiger partial charge is 0.350 e. The van der Waals surface area contributed by atoms with E-state index in [1.54, 1.807) is 22.7 Å². The Balaban J connectivity index is 1.44. The van der Waals surface area contributed by atoms with Gasteiger partial charge in [0.15, 0.2) is 0 Å². The third kappa shape index (κ3) is 3.93. The minimum Gasteiger partial charge on any atom is -0.350 e. The van der Waals surface area contributed by atoms with Crippen LogP contribution in [-0.4, -0.2) is 28.9 Å². The topological polar surface area (TPSA) is 100 Å². The molecule has 7 nitrogen and oxygen atoms in total. The highest BCUT2D eigenvalue weighted by atomic mass is 32.1. The van der Waals surface area contributed by atoms with Gasteiger partial charge in [0, 0.05) is 11.8 Å². The molecule has 3 rings (SSSR count). The van der Waals surface area contributed by atoms with Gasteiger partial charge < -0.3 is 10.6 Å². The zero-order valence-corrected chi connectivity index (χ0v) is 13.6. The summed E-state index contributed by atoms with van der Waals surface area (Å²) in [4.78, 5) is 39.7. The van der Waals surface area contributed by atoms with E-state index in [4.69, 9.17) is 0 Å². The van der Waals surface area contributed by atoms with E-state index < -0.39 is 12.1 Å². The number of carbonyl (C=O) groups is 3. The lowest BCUT2D eigenvalue weighted by molar-refractivity contribution is -0.122. The number of urea groups is 1. The quantitative estimate of drug-likeness (QED) is 0.687. The lowest BCUT2D eigenvalue weighted by Gasteiger charge is -2.07. The summed E-state index contributed by atoms with van der Waals surface area (Å²) in [6, 6.07) is 2.84. The molecule has 2 aromatic rings. The predicted molar refractivity (Wildman–Crippen MR) is 87.0 cm³/mol. The summed E-state index contributed by atoms with van der Waals surface area (Å²) in [5.74, 6) is -0.562. The van der Waals surface area contributed by atoms with Crippen LogP contribution < -0.4 is 16.0 Å². The Morgan fingerprint density at radius 1 is 1.35 bits per heavy atom. The van der Waals surface area contributed by atoms with E-state index >= 15 is 0 Å². The molecule has 1 fully saturated rings. The highest BCUT2D eigenvalue weighted by molar-refractivity contribution is 7.20. The van der Waals surface area contributed by atoms with E-state index in [0.717, 1.165) is 15.6 Å². The van der Waals surface area contributed by atoms with Crippen LogP contribution in [0.1, 0.15) is 18.5 Å². The third-order valence-electron chi connectivity index (χ3n) is 3.27. The molecule has 1 saturated heterocycles. The van der Waals surface area contributed by atoms with Crippen LogP contribution in [0.15, 0.2) is 22.9 Å². The van der Waals surface area contributed by atoms with E-state index in [0.29, 0.717) is 6.54 Å². The fourth-order valence-corrected chi connectivity index (χ4v) is 3.75. The molecule has 9 heteroatoms. The van der Waals surface area contributed by atoms with Crippen LogP contribution in [0.3, 0.4) is 0 Å². The molecule has 0 bridgehead atoms. The first kappa shape index (κ1) is 15.6. The van der Waals surface area contributed by atoms with E-state index in [1.165, 1.54) is 0 Å². The zero-order valence-electron chi connectivity index (χ0n) is 12.0. The third-order valence-corrected chi connectivity index (χ3v) is 5.20. The van der Waals surface area contributed by atoms with E-state index in [1.807, 2.05) is 22.9 Å². The van der Waals surface area contributed by atoms with Gasteiger partial charge >= 0.3 is 6.03 Å². The van der Waals surface area contributed by atoms with Crippen molar-refractivity contribution in [3.05, 3.63) is 28.6 Å². The number of nitrogens with zero attached hydrogens (tertiary/aromatic N) is 1. The summed E-state index contributed by atoms with van der Waals surface area (Å²) in [6.45, 7) is 0.351. The van der Waals surface area contributed by atoms with E-state index in [-0.39, 0.29) is 24.7 Å². The maximum absolute atomic E-state index is 11.8. The number of thiazole rings is 1. The monoisotopic (exact) mass is 350 g/mol. The van der Waals surface area contributed by atoms with Crippen LogP contribution >= 0.6 is 22.7 Å². The van der Waals surface area contributed by atoms with Crippen LogP contribution in [0, 0.1) is 0 Å². The molecule has 0 aromatic carbocycles. The van der Waals surface area contributed by atoms with Gasteiger partial charge in [0.2, 0.25) is 5.91 Å². The maximum atomic E-state index is 11.8. The second-order valence-electron chi connectivity index (χ2n) is 4.95. The van der Waals surface area contributed by atoms with Crippen molar-refractivity contribution in [3.8, 4) is 9.88 Å². The summed E-state index contributed by atoms with van der Waals surface area (Å²) in [5.41, 5.74) is 0.804. The summed E-state index contributed by atoms with van der Waals surface area (Å²) in [6.07, 6.45) is 0.446. The van der Waals surface area contributed by atoms with Crippen molar-refractivity contribution < 1.29 is 14.4 Å². The van der Waals surface area contributed by atoms with Crippen molar-refractivity contribution in [2.45, 2.75) is 25.4 Å². The van der Waals surface area contributed by atoms with Gasteiger partial charge in [0.25, 0.3) is 5.91 Å². The van der Waals surface area contributed by atoms with Crippen molar-refractivity contribution in [2.75, 3.05) is 0 Å². The number of nitrogens with one attached hydrogen (secondary N) is 3. The standard InChI is InChI=1S/C14H14N4O3S2/c19-11(4-3-9-12(20)18-14(21)17-9)15-6-8-7-23-13(16-8)10-2-1-5-22-10/h1-2,5,7,9H,3-4,6H2,(H,15,19)(H2,17,18,20,21)/t9-/m0/s1. The summed E-state index contributed by atoms with van der Waals surface area (Å²) >= 11 is 3.17. The molecule has 120 valence electrons. The Labute approximate surface area is 140 Å². The summed E-state index contributed by atoms with van der Waals surface area (Å²) in [7, 11) is 0. The first-order chi connectivity index (χ1) is 11.1. The van der Waals surface area contributed by atoms with Gasteiger partial charge in [-0.05, 0) is 17.9 Å². The van der Waals surface area contributed by atoms with Gasteiger partial charge in [-0.15, -0.1) is 22.7 Å². The summed E-state index contributed by atoms with van der Waals surface area (Å²) < 4.78 is 0. The Morgan fingerprint density at radius 3 is 2.91 bits per heavy atom.